The second-order valence-corrected chi connectivity index (χ2v) is 9.63. The van der Waals surface area contributed by atoms with Crippen LogP contribution in [0.3, 0.4) is 0 Å². The first-order valence-electron chi connectivity index (χ1n) is 12.2. The van der Waals surface area contributed by atoms with E-state index >= 15 is 0 Å². The van der Waals surface area contributed by atoms with Crippen LogP contribution in [0.5, 0.6) is 0 Å². The number of ether oxygens (including phenoxy) is 1. The van der Waals surface area contributed by atoms with Gasteiger partial charge in [0, 0.05) is 30.3 Å². The Morgan fingerprint density at radius 2 is 1.85 bits per heavy atom. The number of halogens is 5. The average Bonchev–Trinajstić information content (AvgIpc) is 3.39. The van der Waals surface area contributed by atoms with Crippen molar-refractivity contribution in [2.24, 2.45) is 0 Å². The molecule has 1 aromatic heterocycles. The summed E-state index contributed by atoms with van der Waals surface area (Å²) in [5.41, 5.74) is -0.705. The van der Waals surface area contributed by atoms with Crippen LogP contribution in [0, 0.1) is 11.6 Å². The Morgan fingerprint density at radius 3 is 2.52 bits per heavy atom. The summed E-state index contributed by atoms with van der Waals surface area (Å²) >= 11 is 0. The second-order valence-electron chi connectivity index (χ2n) is 9.63. The van der Waals surface area contributed by atoms with E-state index in [1.54, 1.807) is 0 Å². The first-order chi connectivity index (χ1) is 18.9. The number of benzene rings is 2. The summed E-state index contributed by atoms with van der Waals surface area (Å²) in [5.74, 6) is -3.67. The van der Waals surface area contributed by atoms with Crippen LogP contribution in [0.4, 0.5) is 22.0 Å². The number of amides is 2. The molecule has 208 valence electrons. The molecule has 0 N–H and O–H groups in total. The fraction of sp³-hybridized carbons (Fsp3) is 0.286. The third kappa shape index (κ3) is 4.72. The molecule has 2 heterocycles. The molecule has 3 aromatic rings. The highest BCUT2D eigenvalue weighted by Crippen LogP contribution is 2.43. The van der Waals surface area contributed by atoms with E-state index in [1.807, 2.05) is 0 Å². The zero-order chi connectivity index (χ0) is 28.8. The highest BCUT2D eigenvalue weighted by atomic mass is 19.4. The van der Waals surface area contributed by atoms with Crippen LogP contribution in [-0.4, -0.2) is 57.9 Å². The minimum Gasteiger partial charge on any atom is -0.332 e. The van der Waals surface area contributed by atoms with E-state index in [9.17, 15) is 36.3 Å². The largest absolute Gasteiger partial charge is 0.408 e. The monoisotopic (exact) mass is 559 g/mol. The molecule has 1 aliphatic heterocycles. The molecule has 0 radical (unpaired) electrons. The number of Topliss-reactive ketones (excluding diaryl/α,β-unsaturated/α-hetero) is 1. The molecule has 5 rings (SSSR count). The minimum absolute atomic E-state index is 0.0598. The molecule has 0 saturated carbocycles. The number of fused-ring (bicyclic) bond motifs is 2. The molecule has 1 saturated heterocycles. The average molecular weight is 559 g/mol. The van der Waals surface area contributed by atoms with Gasteiger partial charge in [-0.05, 0) is 48.4 Å². The Bertz CT molecular complexity index is 1490. The van der Waals surface area contributed by atoms with Crippen LogP contribution in [0.25, 0.3) is 11.3 Å². The van der Waals surface area contributed by atoms with E-state index in [4.69, 9.17) is 4.74 Å². The number of ketones is 1. The number of carbonyl (C=O) groups is 3. The lowest BCUT2D eigenvalue weighted by molar-refractivity contribution is -0.187. The van der Waals surface area contributed by atoms with Gasteiger partial charge in [-0.3, -0.25) is 19.4 Å². The summed E-state index contributed by atoms with van der Waals surface area (Å²) in [5, 5.41) is 0. The van der Waals surface area contributed by atoms with E-state index in [-0.39, 0.29) is 23.2 Å². The predicted molar refractivity (Wildman–Crippen MR) is 130 cm³/mol. The number of aromatic nitrogens is 1. The van der Waals surface area contributed by atoms with Gasteiger partial charge in [0.05, 0.1) is 0 Å². The molecule has 0 bridgehead atoms. The van der Waals surface area contributed by atoms with Gasteiger partial charge in [-0.2, -0.15) is 13.2 Å². The molecule has 2 aliphatic rings. The van der Waals surface area contributed by atoms with E-state index < -0.39 is 66.9 Å². The highest BCUT2D eigenvalue weighted by Gasteiger charge is 2.59. The molecule has 2 amide bonds. The molecule has 7 nitrogen and oxygen atoms in total. The summed E-state index contributed by atoms with van der Waals surface area (Å²) in [6, 6.07) is 9.59. The van der Waals surface area contributed by atoms with Gasteiger partial charge in [0.2, 0.25) is 11.5 Å². The topological polar surface area (TPSA) is 79.8 Å². The van der Waals surface area contributed by atoms with Gasteiger partial charge >= 0.3 is 6.18 Å². The number of hydrogen-bond acceptors (Lipinski definition) is 5. The van der Waals surface area contributed by atoms with Crippen molar-refractivity contribution in [3.8, 4) is 11.3 Å². The Hall–Kier alpha value is -4.19. The third-order valence-electron chi connectivity index (χ3n) is 7.14. The Morgan fingerprint density at radius 1 is 1.12 bits per heavy atom. The van der Waals surface area contributed by atoms with E-state index in [2.05, 4.69) is 4.98 Å². The maximum atomic E-state index is 14.2. The van der Waals surface area contributed by atoms with Gasteiger partial charge < -0.3 is 14.5 Å². The summed E-state index contributed by atoms with van der Waals surface area (Å²) in [4.78, 5) is 45.2. The molecule has 2 aromatic carbocycles. The maximum absolute atomic E-state index is 14.2. The number of alkyl halides is 3. The van der Waals surface area contributed by atoms with Crippen molar-refractivity contribution in [3.05, 3.63) is 89.1 Å². The van der Waals surface area contributed by atoms with Crippen molar-refractivity contribution >= 4 is 17.6 Å². The molecule has 1 spiro atoms. The van der Waals surface area contributed by atoms with Gasteiger partial charge in [-0.25, -0.2) is 8.78 Å². The number of nitrogens with zero attached hydrogens (tertiary/aromatic N) is 3. The van der Waals surface area contributed by atoms with Gasteiger partial charge in [0.25, 0.3) is 5.91 Å². The molecule has 40 heavy (non-hydrogen) atoms. The summed E-state index contributed by atoms with van der Waals surface area (Å²) in [7, 11) is 0. The van der Waals surface area contributed by atoms with Crippen molar-refractivity contribution in [1.29, 1.82) is 0 Å². The lowest BCUT2D eigenvalue weighted by atomic mass is 9.93. The smallest absolute Gasteiger partial charge is 0.332 e. The van der Waals surface area contributed by atoms with Crippen LogP contribution in [0.1, 0.15) is 23.6 Å². The fourth-order valence-corrected chi connectivity index (χ4v) is 4.96. The molecule has 0 unspecified atom stereocenters. The quantitative estimate of drug-likeness (QED) is 0.335. The Kier molecular flexibility index (Phi) is 6.90. The van der Waals surface area contributed by atoms with Crippen LogP contribution in [0.2, 0.25) is 0 Å². The number of rotatable bonds is 6. The molecular formula is C28H22F5N3O4. The molecule has 1 fully saturated rings. The summed E-state index contributed by atoms with van der Waals surface area (Å²) < 4.78 is 74.1. The van der Waals surface area contributed by atoms with Crippen LogP contribution in [0.15, 0.2) is 60.8 Å². The normalized spacial score (nSPS) is 19.3. The Labute approximate surface area is 225 Å². The van der Waals surface area contributed by atoms with Gasteiger partial charge in [-0.15, -0.1) is 0 Å². The number of carbonyl (C=O) groups excluding carboxylic acids is 3. The predicted octanol–water partition coefficient (Wildman–Crippen LogP) is 4.14. The van der Waals surface area contributed by atoms with Crippen molar-refractivity contribution in [2.45, 2.75) is 37.7 Å². The van der Waals surface area contributed by atoms with Crippen LogP contribution >= 0.6 is 0 Å². The fourth-order valence-electron chi connectivity index (χ4n) is 4.96. The molecule has 2 atom stereocenters. The number of pyridine rings is 1. The van der Waals surface area contributed by atoms with Crippen LogP contribution < -0.4 is 0 Å². The van der Waals surface area contributed by atoms with Crippen molar-refractivity contribution in [3.63, 3.8) is 0 Å². The Balaban J connectivity index is 1.39. The highest BCUT2D eigenvalue weighted by molar-refractivity contribution is 6.15. The van der Waals surface area contributed by atoms with E-state index in [0.717, 1.165) is 24.0 Å². The standard InChI is InChI=1S/C28H22F5N3O4/c1-16(28(31,32)33)36(13-17-4-7-20(29)8-5-17)24(38)14-35-15-40-27(26(35)39)21-9-6-18(11-19(21)12-23(27)37)25-22(30)3-2-10-34-25/h2-11,16H,12-15H2,1H3/t16-,27+/m0/s1. The maximum Gasteiger partial charge on any atom is 0.408 e. The van der Waals surface area contributed by atoms with Crippen molar-refractivity contribution in [2.75, 3.05) is 13.3 Å². The first kappa shape index (κ1) is 27.4. The van der Waals surface area contributed by atoms with E-state index in [0.29, 0.717) is 16.0 Å². The van der Waals surface area contributed by atoms with E-state index in [1.165, 1.54) is 48.7 Å². The van der Waals surface area contributed by atoms with Gasteiger partial charge in [-0.1, -0.05) is 24.3 Å². The van der Waals surface area contributed by atoms with Gasteiger partial charge in [0.1, 0.15) is 36.6 Å². The lowest BCUT2D eigenvalue weighted by Crippen LogP contribution is -2.51. The molecule has 12 heteroatoms. The zero-order valence-electron chi connectivity index (χ0n) is 21.0. The first-order valence-corrected chi connectivity index (χ1v) is 12.2. The summed E-state index contributed by atoms with van der Waals surface area (Å²) in [6.45, 7) is -0.953. The van der Waals surface area contributed by atoms with Crippen molar-refractivity contribution < 1.29 is 41.1 Å². The van der Waals surface area contributed by atoms with Gasteiger partial charge in [0.15, 0.2) is 5.78 Å². The lowest BCUT2D eigenvalue weighted by Gasteiger charge is -2.32. The van der Waals surface area contributed by atoms with Crippen LogP contribution in [-0.2, 0) is 37.7 Å². The van der Waals surface area contributed by atoms with Crippen molar-refractivity contribution in [1.82, 2.24) is 14.8 Å². The zero-order valence-corrected chi connectivity index (χ0v) is 21.0. The summed E-state index contributed by atoms with van der Waals surface area (Å²) in [6.07, 6.45) is -3.56. The third-order valence-corrected chi connectivity index (χ3v) is 7.14. The SMILES string of the molecule is C[C@H](N(Cc1ccc(F)cc1)C(=O)CN1CO[C@]2(C(=O)Cc3cc(-c4ncccc4F)ccc32)C1=O)C(F)(F)F. The molecule has 1 aliphatic carbocycles. The minimum atomic E-state index is -4.77. The number of hydrogen-bond donors (Lipinski definition) is 0. The second kappa shape index (κ2) is 10.1. The molecular weight excluding hydrogens is 537 g/mol.